The van der Waals surface area contributed by atoms with Crippen LogP contribution >= 0.6 is 0 Å². The Morgan fingerprint density at radius 1 is 1.36 bits per heavy atom. The van der Waals surface area contributed by atoms with Crippen LogP contribution < -0.4 is 5.32 Å². The zero-order valence-corrected chi connectivity index (χ0v) is 13.0. The number of hydrogen-bond acceptors (Lipinski definition) is 3. The van der Waals surface area contributed by atoms with Crippen molar-refractivity contribution >= 4 is 17.9 Å². The fraction of sp³-hybridized carbons (Fsp3) is 0.353. The van der Waals surface area contributed by atoms with Crippen LogP contribution in [0.25, 0.3) is 6.08 Å². The van der Waals surface area contributed by atoms with Gasteiger partial charge in [-0.05, 0) is 25.5 Å². The van der Waals surface area contributed by atoms with E-state index in [2.05, 4.69) is 11.4 Å². The van der Waals surface area contributed by atoms with Crippen LogP contribution in [0, 0.1) is 17.2 Å². The summed E-state index contributed by atoms with van der Waals surface area (Å²) in [5, 5.41) is 11.3. The molecule has 1 aromatic carbocycles. The SMILES string of the molecule is CCN(C[C@H](C)C#N)C(=O)CNC(=O)/C=C/c1ccccc1. The van der Waals surface area contributed by atoms with E-state index >= 15 is 0 Å². The smallest absolute Gasteiger partial charge is 0.244 e. The Balaban J connectivity index is 2.44. The minimum absolute atomic E-state index is 0.0655. The van der Waals surface area contributed by atoms with Gasteiger partial charge in [-0.1, -0.05) is 30.3 Å². The van der Waals surface area contributed by atoms with Crippen molar-refractivity contribution in [3.05, 3.63) is 42.0 Å². The molecule has 5 nitrogen and oxygen atoms in total. The fourth-order valence-electron chi connectivity index (χ4n) is 1.85. The number of nitriles is 1. The largest absolute Gasteiger partial charge is 0.343 e. The first-order chi connectivity index (χ1) is 10.6. The standard InChI is InChI=1S/C17H21N3O2/c1-3-20(13-14(2)11-18)17(22)12-19-16(21)10-9-15-7-5-4-6-8-15/h4-10,14H,3,12-13H2,1-2H3,(H,19,21)/b10-9+/t14-/m1/s1. The lowest BCUT2D eigenvalue weighted by Gasteiger charge is -2.21. The Bertz CT molecular complexity index is 561. The van der Waals surface area contributed by atoms with E-state index < -0.39 is 0 Å². The molecule has 0 aromatic heterocycles. The summed E-state index contributed by atoms with van der Waals surface area (Å²) in [5.41, 5.74) is 0.919. The molecule has 0 aliphatic carbocycles. The van der Waals surface area contributed by atoms with Crippen molar-refractivity contribution in [3.8, 4) is 6.07 Å². The molecule has 2 amide bonds. The van der Waals surface area contributed by atoms with Crippen LogP contribution in [-0.2, 0) is 9.59 Å². The number of carbonyl (C=O) groups excluding carboxylic acids is 2. The topological polar surface area (TPSA) is 73.2 Å². The predicted molar refractivity (Wildman–Crippen MR) is 85.5 cm³/mol. The Hall–Kier alpha value is -2.61. The highest BCUT2D eigenvalue weighted by Gasteiger charge is 2.14. The van der Waals surface area contributed by atoms with Crippen LogP contribution in [-0.4, -0.2) is 36.3 Å². The lowest BCUT2D eigenvalue weighted by Crippen LogP contribution is -2.41. The number of nitrogens with one attached hydrogen (secondary N) is 1. The lowest BCUT2D eigenvalue weighted by molar-refractivity contribution is -0.132. The van der Waals surface area contributed by atoms with E-state index in [9.17, 15) is 9.59 Å². The maximum Gasteiger partial charge on any atom is 0.244 e. The molecule has 0 saturated carbocycles. The molecule has 0 bridgehead atoms. The Labute approximate surface area is 131 Å². The van der Waals surface area contributed by atoms with Crippen LogP contribution in [0.15, 0.2) is 36.4 Å². The number of carbonyl (C=O) groups is 2. The molecule has 116 valence electrons. The summed E-state index contributed by atoms with van der Waals surface area (Å²) in [5.74, 6) is -0.731. The van der Waals surface area contributed by atoms with Gasteiger partial charge in [0.15, 0.2) is 0 Å². The van der Waals surface area contributed by atoms with E-state index in [4.69, 9.17) is 5.26 Å². The van der Waals surface area contributed by atoms with Gasteiger partial charge < -0.3 is 10.2 Å². The minimum Gasteiger partial charge on any atom is -0.343 e. The Morgan fingerprint density at radius 3 is 2.64 bits per heavy atom. The number of benzene rings is 1. The zero-order chi connectivity index (χ0) is 16.4. The molecule has 0 radical (unpaired) electrons. The molecule has 0 aliphatic heterocycles. The molecule has 0 aliphatic rings. The van der Waals surface area contributed by atoms with E-state index in [1.807, 2.05) is 37.3 Å². The third-order valence-electron chi connectivity index (χ3n) is 3.09. The van der Waals surface area contributed by atoms with Crippen molar-refractivity contribution in [1.29, 1.82) is 5.26 Å². The van der Waals surface area contributed by atoms with Crippen molar-refractivity contribution in [3.63, 3.8) is 0 Å². The van der Waals surface area contributed by atoms with Crippen molar-refractivity contribution in [1.82, 2.24) is 10.2 Å². The summed E-state index contributed by atoms with van der Waals surface area (Å²) < 4.78 is 0. The van der Waals surface area contributed by atoms with Crippen molar-refractivity contribution in [2.75, 3.05) is 19.6 Å². The monoisotopic (exact) mass is 299 g/mol. The molecular weight excluding hydrogens is 278 g/mol. The fourth-order valence-corrected chi connectivity index (χ4v) is 1.85. The summed E-state index contributed by atoms with van der Waals surface area (Å²) in [6.45, 7) is 4.43. The van der Waals surface area contributed by atoms with Gasteiger partial charge in [0.1, 0.15) is 0 Å². The quantitative estimate of drug-likeness (QED) is 0.781. The Morgan fingerprint density at radius 2 is 2.05 bits per heavy atom. The number of amides is 2. The first-order valence-electron chi connectivity index (χ1n) is 7.25. The highest BCUT2D eigenvalue weighted by Crippen LogP contribution is 2.01. The van der Waals surface area contributed by atoms with E-state index in [0.29, 0.717) is 13.1 Å². The molecule has 1 atom stereocenters. The van der Waals surface area contributed by atoms with Crippen molar-refractivity contribution in [2.45, 2.75) is 13.8 Å². The van der Waals surface area contributed by atoms with E-state index in [1.165, 1.54) is 6.08 Å². The highest BCUT2D eigenvalue weighted by molar-refractivity contribution is 5.94. The van der Waals surface area contributed by atoms with E-state index in [0.717, 1.165) is 5.56 Å². The summed E-state index contributed by atoms with van der Waals surface area (Å²) in [7, 11) is 0. The summed E-state index contributed by atoms with van der Waals surface area (Å²) in [4.78, 5) is 25.2. The molecular formula is C17H21N3O2. The molecule has 1 N–H and O–H groups in total. The zero-order valence-electron chi connectivity index (χ0n) is 13.0. The molecule has 0 fully saturated rings. The van der Waals surface area contributed by atoms with Crippen LogP contribution in [0.1, 0.15) is 19.4 Å². The number of nitrogens with zero attached hydrogens (tertiary/aromatic N) is 2. The second-order valence-electron chi connectivity index (χ2n) is 4.92. The average Bonchev–Trinajstić information content (AvgIpc) is 2.56. The van der Waals surface area contributed by atoms with Gasteiger partial charge in [-0.2, -0.15) is 5.26 Å². The van der Waals surface area contributed by atoms with Crippen LogP contribution in [0.3, 0.4) is 0 Å². The van der Waals surface area contributed by atoms with Gasteiger partial charge in [-0.15, -0.1) is 0 Å². The molecule has 0 heterocycles. The molecule has 5 heteroatoms. The summed E-state index contributed by atoms with van der Waals surface area (Å²) in [6, 6.07) is 11.5. The van der Waals surface area contributed by atoms with Gasteiger partial charge in [0.05, 0.1) is 18.5 Å². The van der Waals surface area contributed by atoms with Gasteiger partial charge in [-0.3, -0.25) is 9.59 Å². The third kappa shape index (κ3) is 6.23. The summed E-state index contributed by atoms with van der Waals surface area (Å²) in [6.07, 6.45) is 3.09. The second kappa shape index (κ2) is 9.35. The van der Waals surface area contributed by atoms with Crippen LogP contribution in [0.2, 0.25) is 0 Å². The third-order valence-corrected chi connectivity index (χ3v) is 3.09. The molecule has 0 unspecified atom stereocenters. The van der Waals surface area contributed by atoms with Gasteiger partial charge >= 0.3 is 0 Å². The molecule has 1 rings (SSSR count). The molecule has 0 saturated heterocycles. The molecule has 1 aromatic rings. The Kier molecular flexibility index (Phi) is 7.41. The van der Waals surface area contributed by atoms with Crippen LogP contribution in [0.4, 0.5) is 0 Å². The maximum atomic E-state index is 12.0. The van der Waals surface area contributed by atoms with E-state index in [-0.39, 0.29) is 24.3 Å². The maximum absolute atomic E-state index is 12.0. The predicted octanol–water partition coefficient (Wildman–Crippen LogP) is 1.82. The minimum atomic E-state index is -0.318. The van der Waals surface area contributed by atoms with E-state index in [1.54, 1.807) is 17.9 Å². The first kappa shape index (κ1) is 17.4. The number of hydrogen-bond donors (Lipinski definition) is 1. The molecule has 0 spiro atoms. The van der Waals surface area contributed by atoms with Gasteiger partial charge in [0.2, 0.25) is 11.8 Å². The van der Waals surface area contributed by atoms with Gasteiger partial charge in [-0.25, -0.2) is 0 Å². The normalized spacial score (nSPS) is 11.7. The first-order valence-corrected chi connectivity index (χ1v) is 7.25. The van der Waals surface area contributed by atoms with Gasteiger partial charge in [0.25, 0.3) is 0 Å². The van der Waals surface area contributed by atoms with Crippen molar-refractivity contribution < 1.29 is 9.59 Å². The lowest BCUT2D eigenvalue weighted by atomic mass is 10.2. The average molecular weight is 299 g/mol. The second-order valence-corrected chi connectivity index (χ2v) is 4.92. The molecule has 22 heavy (non-hydrogen) atoms. The van der Waals surface area contributed by atoms with Gasteiger partial charge in [0, 0.05) is 19.2 Å². The number of rotatable bonds is 7. The highest BCUT2D eigenvalue weighted by atomic mass is 16.2. The summed E-state index contributed by atoms with van der Waals surface area (Å²) >= 11 is 0. The number of likely N-dealkylation sites (N-methyl/N-ethyl adjacent to an activating group) is 1. The van der Waals surface area contributed by atoms with Crippen molar-refractivity contribution in [2.24, 2.45) is 5.92 Å². The van der Waals surface area contributed by atoms with Crippen LogP contribution in [0.5, 0.6) is 0 Å².